The average molecular weight is 312 g/mol. The molecule has 21 heavy (non-hydrogen) atoms. The first-order valence-electron chi connectivity index (χ1n) is 7.49. The molecule has 1 aliphatic heterocycles. The highest BCUT2D eigenvalue weighted by molar-refractivity contribution is 6.32. The molecule has 0 unspecified atom stereocenters. The minimum atomic E-state index is -0.416. The van der Waals surface area contributed by atoms with E-state index in [1.54, 1.807) is 12.1 Å². The third-order valence-electron chi connectivity index (χ3n) is 3.93. The van der Waals surface area contributed by atoms with Crippen LogP contribution in [0, 0.1) is 10.1 Å². The number of hydrogen-bond acceptors (Lipinski definition) is 4. The van der Waals surface area contributed by atoms with Crippen LogP contribution < -0.4 is 5.32 Å². The molecule has 1 heterocycles. The molecule has 0 aliphatic carbocycles. The highest BCUT2D eigenvalue weighted by atomic mass is 35.5. The van der Waals surface area contributed by atoms with Crippen molar-refractivity contribution in [3.05, 3.63) is 38.9 Å². The number of nitrogens with one attached hydrogen (secondary N) is 1. The van der Waals surface area contributed by atoms with Crippen molar-refractivity contribution < 1.29 is 4.92 Å². The average Bonchev–Trinajstić information content (AvgIpc) is 2.49. The first-order chi connectivity index (χ1) is 10.1. The lowest BCUT2D eigenvalue weighted by molar-refractivity contribution is -0.384. The molecule has 0 atom stereocenters. The summed E-state index contributed by atoms with van der Waals surface area (Å²) in [7, 11) is 0. The van der Waals surface area contributed by atoms with Gasteiger partial charge in [0, 0.05) is 18.7 Å². The molecule has 2 rings (SSSR count). The Kier molecular flexibility index (Phi) is 5.96. The van der Waals surface area contributed by atoms with E-state index in [9.17, 15) is 10.1 Å². The minimum Gasteiger partial charge on any atom is -0.317 e. The Bertz CT molecular complexity index is 490. The van der Waals surface area contributed by atoms with E-state index in [-0.39, 0.29) is 10.7 Å². The van der Waals surface area contributed by atoms with E-state index in [0.717, 1.165) is 51.0 Å². The van der Waals surface area contributed by atoms with Gasteiger partial charge in [0.05, 0.1) is 4.92 Å². The molecule has 0 amide bonds. The fourth-order valence-electron chi connectivity index (χ4n) is 2.88. The first-order valence-corrected chi connectivity index (χ1v) is 7.87. The van der Waals surface area contributed by atoms with Crippen LogP contribution in [-0.2, 0) is 6.54 Å². The summed E-state index contributed by atoms with van der Waals surface area (Å²) in [4.78, 5) is 13.0. The molecule has 5 nitrogen and oxygen atoms in total. The van der Waals surface area contributed by atoms with Crippen LogP contribution in [0.5, 0.6) is 0 Å². The Balaban J connectivity index is 2.12. The molecule has 0 spiro atoms. The molecule has 0 radical (unpaired) electrons. The standard InChI is InChI=1S/C15H22ClN3O2/c1-2-9-18(13-5-7-17-8-6-13)11-12-3-4-14(16)15(10-12)19(20)21/h3-4,10,13,17H,2,5-9,11H2,1H3. The molecule has 1 aliphatic rings. The second-order valence-electron chi connectivity index (χ2n) is 5.49. The molecule has 1 aromatic rings. The highest BCUT2D eigenvalue weighted by Crippen LogP contribution is 2.26. The second-order valence-corrected chi connectivity index (χ2v) is 5.90. The van der Waals surface area contributed by atoms with Crippen molar-refractivity contribution in [2.45, 2.75) is 38.8 Å². The van der Waals surface area contributed by atoms with Gasteiger partial charge in [0.1, 0.15) is 5.02 Å². The summed E-state index contributed by atoms with van der Waals surface area (Å²) >= 11 is 5.87. The molecule has 1 aromatic carbocycles. The summed E-state index contributed by atoms with van der Waals surface area (Å²) in [6.07, 6.45) is 3.35. The minimum absolute atomic E-state index is 0.00377. The molecule has 0 bridgehead atoms. The molecule has 6 heteroatoms. The number of piperidine rings is 1. The van der Waals surface area contributed by atoms with Crippen LogP contribution in [-0.4, -0.2) is 35.5 Å². The lowest BCUT2D eigenvalue weighted by Crippen LogP contribution is -2.43. The van der Waals surface area contributed by atoms with Gasteiger partial charge >= 0.3 is 0 Å². The number of hydrogen-bond donors (Lipinski definition) is 1. The van der Waals surface area contributed by atoms with Crippen LogP contribution >= 0.6 is 11.6 Å². The predicted molar refractivity (Wildman–Crippen MR) is 84.7 cm³/mol. The van der Waals surface area contributed by atoms with Crippen LogP contribution in [0.2, 0.25) is 5.02 Å². The van der Waals surface area contributed by atoms with Gasteiger partial charge in [0.2, 0.25) is 0 Å². The SMILES string of the molecule is CCCN(Cc1ccc(Cl)c([N+](=O)[O-])c1)C1CCNCC1. The van der Waals surface area contributed by atoms with Crippen molar-refractivity contribution in [1.82, 2.24) is 10.2 Å². The third-order valence-corrected chi connectivity index (χ3v) is 4.25. The molecule has 1 N–H and O–H groups in total. The van der Waals surface area contributed by atoms with Gasteiger partial charge in [-0.25, -0.2) is 0 Å². The highest BCUT2D eigenvalue weighted by Gasteiger charge is 2.21. The predicted octanol–water partition coefficient (Wildman–Crippen LogP) is 3.21. The monoisotopic (exact) mass is 311 g/mol. The van der Waals surface area contributed by atoms with Gasteiger partial charge in [-0.1, -0.05) is 24.6 Å². The van der Waals surface area contributed by atoms with E-state index in [0.29, 0.717) is 6.04 Å². The van der Waals surface area contributed by atoms with E-state index < -0.39 is 4.92 Å². The molecule has 1 fully saturated rings. The number of rotatable bonds is 6. The number of benzene rings is 1. The van der Waals surface area contributed by atoms with Crippen molar-refractivity contribution in [3.63, 3.8) is 0 Å². The van der Waals surface area contributed by atoms with E-state index in [1.165, 1.54) is 0 Å². The lowest BCUT2D eigenvalue weighted by Gasteiger charge is -2.34. The summed E-state index contributed by atoms with van der Waals surface area (Å²) < 4.78 is 0. The fraction of sp³-hybridized carbons (Fsp3) is 0.600. The largest absolute Gasteiger partial charge is 0.317 e. The van der Waals surface area contributed by atoms with Crippen LogP contribution in [0.4, 0.5) is 5.69 Å². The van der Waals surface area contributed by atoms with Crippen LogP contribution in [0.1, 0.15) is 31.7 Å². The van der Waals surface area contributed by atoms with Gasteiger partial charge in [-0.15, -0.1) is 0 Å². The van der Waals surface area contributed by atoms with Gasteiger partial charge in [0.25, 0.3) is 5.69 Å². The zero-order chi connectivity index (χ0) is 15.2. The van der Waals surface area contributed by atoms with Gasteiger partial charge in [-0.3, -0.25) is 15.0 Å². The summed E-state index contributed by atoms with van der Waals surface area (Å²) in [5.74, 6) is 0. The van der Waals surface area contributed by atoms with Crippen molar-refractivity contribution in [1.29, 1.82) is 0 Å². The zero-order valence-corrected chi connectivity index (χ0v) is 13.1. The normalized spacial score (nSPS) is 16.3. The number of nitro groups is 1. The quantitative estimate of drug-likeness (QED) is 0.647. The molecule has 0 saturated carbocycles. The first kappa shape index (κ1) is 16.2. The Morgan fingerprint density at radius 1 is 1.43 bits per heavy atom. The second kappa shape index (κ2) is 7.73. The summed E-state index contributed by atoms with van der Waals surface area (Å²) in [5.41, 5.74) is 0.953. The lowest BCUT2D eigenvalue weighted by atomic mass is 10.0. The number of nitrogens with zero attached hydrogens (tertiary/aromatic N) is 2. The topological polar surface area (TPSA) is 58.4 Å². The number of halogens is 1. The van der Waals surface area contributed by atoms with Crippen molar-refractivity contribution in [2.75, 3.05) is 19.6 Å². The molecule has 0 aromatic heterocycles. The maximum atomic E-state index is 11.0. The van der Waals surface area contributed by atoms with E-state index in [2.05, 4.69) is 17.1 Å². The Labute approximate surface area is 130 Å². The van der Waals surface area contributed by atoms with E-state index in [1.807, 2.05) is 6.07 Å². The van der Waals surface area contributed by atoms with E-state index >= 15 is 0 Å². The van der Waals surface area contributed by atoms with Gasteiger partial charge in [0.15, 0.2) is 0 Å². The van der Waals surface area contributed by atoms with Crippen molar-refractivity contribution >= 4 is 17.3 Å². The smallest absolute Gasteiger partial charge is 0.288 e. The van der Waals surface area contributed by atoms with Crippen molar-refractivity contribution in [3.8, 4) is 0 Å². The zero-order valence-electron chi connectivity index (χ0n) is 12.3. The third kappa shape index (κ3) is 4.40. The maximum Gasteiger partial charge on any atom is 0.288 e. The van der Waals surface area contributed by atoms with Crippen LogP contribution in [0.15, 0.2) is 18.2 Å². The molecular formula is C15H22ClN3O2. The van der Waals surface area contributed by atoms with Gasteiger partial charge in [-0.2, -0.15) is 0 Å². The molecule has 1 saturated heterocycles. The summed E-state index contributed by atoms with van der Waals surface area (Å²) in [6.45, 7) is 6.02. The number of nitro benzene ring substituents is 1. The fourth-order valence-corrected chi connectivity index (χ4v) is 3.07. The Morgan fingerprint density at radius 2 is 2.14 bits per heavy atom. The van der Waals surface area contributed by atoms with Crippen molar-refractivity contribution in [2.24, 2.45) is 0 Å². The van der Waals surface area contributed by atoms with E-state index in [4.69, 9.17) is 11.6 Å². The van der Waals surface area contributed by atoms with Gasteiger partial charge in [-0.05, 0) is 50.5 Å². The Morgan fingerprint density at radius 3 is 2.76 bits per heavy atom. The van der Waals surface area contributed by atoms with Gasteiger partial charge < -0.3 is 5.32 Å². The van der Waals surface area contributed by atoms with Crippen LogP contribution in [0.3, 0.4) is 0 Å². The van der Waals surface area contributed by atoms with Crippen LogP contribution in [0.25, 0.3) is 0 Å². The molecule has 116 valence electrons. The summed E-state index contributed by atoms with van der Waals surface area (Å²) in [6, 6.07) is 5.67. The Hall–Kier alpha value is -1.17. The maximum absolute atomic E-state index is 11.0. The molecular weight excluding hydrogens is 290 g/mol. The summed E-state index contributed by atoms with van der Waals surface area (Å²) in [5, 5.41) is 14.6.